The summed E-state index contributed by atoms with van der Waals surface area (Å²) in [6.07, 6.45) is 2.60. The number of piperazine rings is 1. The summed E-state index contributed by atoms with van der Waals surface area (Å²) in [7, 11) is -3.86. The molecule has 5 N–H and O–H groups in total. The van der Waals surface area contributed by atoms with Crippen molar-refractivity contribution >= 4 is 44.9 Å². The van der Waals surface area contributed by atoms with Crippen molar-refractivity contribution in [1.82, 2.24) is 24.6 Å². The second kappa shape index (κ2) is 13.3. The van der Waals surface area contributed by atoms with Gasteiger partial charge in [-0.15, -0.1) is 0 Å². The van der Waals surface area contributed by atoms with Crippen LogP contribution in [0.1, 0.15) is 34.6 Å². The third-order valence-electron chi connectivity index (χ3n) is 7.52. The molecule has 2 aliphatic heterocycles. The smallest absolute Gasteiger partial charge is 0.316 e. The minimum atomic E-state index is -3.86. The number of aromatic nitrogens is 3. The van der Waals surface area contributed by atoms with Crippen LogP contribution >= 0.6 is 11.6 Å². The third kappa shape index (κ3) is 7.04. The number of hydrogen-bond acceptors (Lipinski definition) is 10. The van der Waals surface area contributed by atoms with Crippen molar-refractivity contribution in [3.05, 3.63) is 70.9 Å². The van der Waals surface area contributed by atoms with Crippen molar-refractivity contribution in [3.63, 3.8) is 0 Å². The fraction of sp³-hybridized carbons (Fsp3) is 0.393. The molecule has 2 aromatic heterocycles. The topological polar surface area (TPSA) is 181 Å². The van der Waals surface area contributed by atoms with Gasteiger partial charge >= 0.3 is 5.92 Å². The van der Waals surface area contributed by atoms with Crippen LogP contribution < -0.4 is 26.6 Å². The van der Waals surface area contributed by atoms with E-state index in [0.717, 1.165) is 18.5 Å². The maximum Gasteiger partial charge on any atom is 0.316 e. The molecule has 240 valence electrons. The van der Waals surface area contributed by atoms with E-state index in [0.29, 0.717) is 31.7 Å². The van der Waals surface area contributed by atoms with Crippen molar-refractivity contribution in [2.45, 2.75) is 29.7 Å². The lowest BCUT2D eigenvalue weighted by atomic mass is 10.1. The van der Waals surface area contributed by atoms with Crippen LogP contribution in [-0.2, 0) is 20.7 Å². The van der Waals surface area contributed by atoms with E-state index in [2.05, 4.69) is 20.3 Å². The second-order valence-electron chi connectivity index (χ2n) is 10.6. The van der Waals surface area contributed by atoms with Crippen molar-refractivity contribution in [3.8, 4) is 0 Å². The first-order valence-corrected chi connectivity index (χ1v) is 16.0. The summed E-state index contributed by atoms with van der Waals surface area (Å²) in [6, 6.07) is 7.98. The van der Waals surface area contributed by atoms with Crippen LogP contribution in [0.25, 0.3) is 0 Å². The molecule has 3 aromatic rings. The highest BCUT2D eigenvalue weighted by atomic mass is 35.5. The van der Waals surface area contributed by atoms with Crippen LogP contribution in [0.5, 0.6) is 0 Å². The monoisotopic (exact) mass is 663 g/mol. The van der Waals surface area contributed by atoms with E-state index in [9.17, 15) is 18.0 Å². The lowest BCUT2D eigenvalue weighted by Gasteiger charge is -2.35. The molecule has 17 heteroatoms. The first-order valence-electron chi connectivity index (χ1n) is 14.2. The minimum absolute atomic E-state index is 0.0682. The second-order valence-corrected chi connectivity index (χ2v) is 13.0. The maximum atomic E-state index is 15.5. The molecule has 2 aliphatic rings. The Hall–Kier alpha value is -3.83. The number of halogens is 3. The van der Waals surface area contributed by atoms with Crippen molar-refractivity contribution in [2.75, 3.05) is 55.6 Å². The van der Waals surface area contributed by atoms with E-state index >= 15 is 8.78 Å². The fourth-order valence-corrected chi connectivity index (χ4v) is 6.69. The van der Waals surface area contributed by atoms with Crippen LogP contribution in [-0.4, -0.2) is 91.3 Å². The Morgan fingerprint density at radius 3 is 2.40 bits per heavy atom. The van der Waals surface area contributed by atoms with E-state index in [1.807, 2.05) is 0 Å². The van der Waals surface area contributed by atoms with Crippen LogP contribution in [0.4, 0.5) is 20.3 Å². The van der Waals surface area contributed by atoms with Gasteiger partial charge in [0.05, 0.1) is 17.3 Å². The van der Waals surface area contributed by atoms with Crippen LogP contribution in [0, 0.1) is 0 Å². The van der Waals surface area contributed by atoms with Gasteiger partial charge in [-0.3, -0.25) is 14.6 Å². The number of nitrogens with one attached hydrogen (secondary N) is 1. The van der Waals surface area contributed by atoms with E-state index in [1.54, 1.807) is 17.0 Å². The van der Waals surface area contributed by atoms with Gasteiger partial charge in [0.2, 0.25) is 15.9 Å². The Bertz CT molecular complexity index is 1660. The predicted molar refractivity (Wildman–Crippen MR) is 163 cm³/mol. The lowest BCUT2D eigenvalue weighted by Crippen LogP contribution is -2.49. The third-order valence-corrected chi connectivity index (χ3v) is 9.63. The number of anilines is 2. The molecule has 13 nitrogen and oxygen atoms in total. The van der Waals surface area contributed by atoms with Gasteiger partial charge in [-0.2, -0.15) is 13.1 Å². The number of pyridine rings is 1. The van der Waals surface area contributed by atoms with Crippen molar-refractivity contribution in [1.29, 1.82) is 0 Å². The molecule has 2 fully saturated rings. The Labute approximate surface area is 263 Å². The highest BCUT2D eigenvalue weighted by molar-refractivity contribution is 7.89. The van der Waals surface area contributed by atoms with Gasteiger partial charge in [-0.1, -0.05) is 11.6 Å². The minimum Gasteiger partial charge on any atom is -0.354 e. The number of nitrogens with zero attached hydrogens (tertiary/aromatic N) is 6. The zero-order valence-electron chi connectivity index (χ0n) is 24.1. The van der Waals surface area contributed by atoms with Crippen molar-refractivity contribution in [2.24, 2.45) is 11.5 Å². The number of nitrogens with two attached hydrogens (primary N) is 2. The standard InChI is InChI=1S/C28H32ClF2N9O4S/c29-24-12-18(28(30,31)23-16-35-22(15-36-23)27(42)34-7-1-6-32)13-25(37-24)38-8-10-39(11-9-38)45(43,44)21-4-2-20(3-5-21)40-17-19(33)14-26(40)41/h2-5,12-13,15-16,19H,1,6-11,14,17,32-33H2,(H,34,42)/t19-/m1/s1. The summed E-state index contributed by atoms with van der Waals surface area (Å²) >= 11 is 6.14. The number of rotatable bonds is 10. The molecule has 0 radical (unpaired) electrons. The number of hydrogen-bond donors (Lipinski definition) is 3. The van der Waals surface area contributed by atoms with E-state index in [-0.39, 0.29) is 66.1 Å². The van der Waals surface area contributed by atoms with Gasteiger partial charge in [0.25, 0.3) is 5.91 Å². The van der Waals surface area contributed by atoms with E-state index in [4.69, 9.17) is 23.1 Å². The zero-order chi connectivity index (χ0) is 32.4. The number of benzene rings is 1. The maximum absolute atomic E-state index is 15.5. The van der Waals surface area contributed by atoms with Gasteiger partial charge in [-0.05, 0) is 49.4 Å². The summed E-state index contributed by atoms with van der Waals surface area (Å²) in [5, 5.41) is 2.40. The predicted octanol–water partition coefficient (Wildman–Crippen LogP) is 1.32. The van der Waals surface area contributed by atoms with Crippen LogP contribution in [0.15, 0.2) is 53.7 Å². The van der Waals surface area contributed by atoms with E-state index in [1.165, 1.54) is 27.4 Å². The molecule has 1 atom stereocenters. The molecule has 2 amide bonds. The molecule has 0 aliphatic carbocycles. The summed E-state index contributed by atoms with van der Waals surface area (Å²) < 4.78 is 59.0. The summed E-state index contributed by atoms with van der Waals surface area (Å²) in [5.74, 6) is -4.14. The largest absolute Gasteiger partial charge is 0.354 e. The molecule has 0 spiro atoms. The molecule has 1 aromatic carbocycles. The number of sulfonamides is 1. The normalized spacial score (nSPS) is 18.0. The first-order chi connectivity index (χ1) is 21.4. The quantitative estimate of drug-likeness (QED) is 0.211. The first kappa shape index (κ1) is 32.6. The van der Waals surface area contributed by atoms with E-state index < -0.39 is 33.1 Å². The molecular formula is C28H32ClF2N9O4S. The van der Waals surface area contributed by atoms with Gasteiger partial charge in [0.15, 0.2) is 0 Å². The highest BCUT2D eigenvalue weighted by Gasteiger charge is 2.38. The molecular weight excluding hydrogens is 632 g/mol. The molecule has 4 heterocycles. The number of carbonyl (C=O) groups is 2. The molecule has 5 rings (SSSR count). The Kier molecular flexibility index (Phi) is 9.60. The van der Waals surface area contributed by atoms with Gasteiger partial charge < -0.3 is 26.6 Å². The molecule has 0 bridgehead atoms. The van der Waals surface area contributed by atoms with Gasteiger partial charge in [-0.25, -0.2) is 18.4 Å². The number of amides is 2. The highest BCUT2D eigenvalue weighted by Crippen LogP contribution is 2.37. The Morgan fingerprint density at radius 2 is 1.80 bits per heavy atom. The Balaban J connectivity index is 1.25. The van der Waals surface area contributed by atoms with Crippen LogP contribution in [0.2, 0.25) is 5.15 Å². The molecule has 2 saturated heterocycles. The zero-order valence-corrected chi connectivity index (χ0v) is 25.6. The molecule has 0 saturated carbocycles. The van der Waals surface area contributed by atoms with Gasteiger partial charge in [0, 0.05) is 63.0 Å². The summed E-state index contributed by atoms with van der Waals surface area (Å²) in [4.78, 5) is 39.4. The average molecular weight is 664 g/mol. The number of alkyl halides is 2. The van der Waals surface area contributed by atoms with Crippen molar-refractivity contribution < 1.29 is 26.8 Å². The fourth-order valence-electron chi connectivity index (χ4n) is 5.07. The Morgan fingerprint density at radius 1 is 1.09 bits per heavy atom. The number of carbonyl (C=O) groups excluding carboxylic acids is 2. The molecule has 0 unspecified atom stereocenters. The SMILES string of the molecule is NCCCNC(=O)c1cnc(C(F)(F)c2cc(Cl)nc(N3CCN(S(=O)(=O)c4ccc(N5C[C@H](N)CC5=O)cc4)CC3)c2)cn1. The average Bonchev–Trinajstić information content (AvgIpc) is 3.38. The summed E-state index contributed by atoms with van der Waals surface area (Å²) in [6.45, 7) is 1.56. The van der Waals surface area contributed by atoms with Crippen LogP contribution in [0.3, 0.4) is 0 Å². The molecule has 45 heavy (non-hydrogen) atoms. The van der Waals surface area contributed by atoms with Gasteiger partial charge in [0.1, 0.15) is 22.4 Å². The lowest BCUT2D eigenvalue weighted by molar-refractivity contribution is -0.117. The summed E-state index contributed by atoms with van der Waals surface area (Å²) in [5.41, 5.74) is 10.5.